The van der Waals surface area contributed by atoms with E-state index < -0.39 is 0 Å². The van der Waals surface area contributed by atoms with Gasteiger partial charge in [0.1, 0.15) is 12.4 Å². The summed E-state index contributed by atoms with van der Waals surface area (Å²) in [4.78, 5) is 0. The van der Waals surface area contributed by atoms with Crippen LogP contribution in [0.25, 0.3) is 0 Å². The number of nitrogens with zero attached hydrogens (tertiary/aromatic N) is 1. The molecule has 0 N–H and O–H groups in total. The maximum absolute atomic E-state index is 8.72. The molecule has 0 fully saturated rings. The van der Waals surface area contributed by atoms with E-state index in [2.05, 4.69) is 0 Å². The largest absolute Gasteiger partial charge is 0.487 e. The molecule has 0 aliphatic carbocycles. The Balaban J connectivity index is 2.06. The average molecular weight is 278 g/mol. The van der Waals surface area contributed by atoms with E-state index in [9.17, 15) is 0 Å². The molecule has 0 aromatic heterocycles. The molecule has 0 heterocycles. The lowest BCUT2D eigenvalue weighted by atomic mass is 10.2. The average Bonchev–Trinajstić information content (AvgIpc) is 2.39. The minimum Gasteiger partial charge on any atom is -0.487 e. The number of benzene rings is 2. The fourth-order valence-corrected chi connectivity index (χ4v) is 1.79. The normalized spacial score (nSPS) is 9.83. The number of hydrogen-bond acceptors (Lipinski definition) is 2. The summed E-state index contributed by atoms with van der Waals surface area (Å²) in [6, 6.07) is 14.4. The fraction of sp³-hybridized carbons (Fsp3) is 0.0714. The molecular weight excluding hydrogens is 269 g/mol. The third-order valence-electron chi connectivity index (χ3n) is 2.37. The quantitative estimate of drug-likeness (QED) is 0.831. The van der Waals surface area contributed by atoms with Gasteiger partial charge >= 0.3 is 0 Å². The first kappa shape index (κ1) is 12.8. The van der Waals surface area contributed by atoms with Crippen molar-refractivity contribution < 1.29 is 4.74 Å². The molecule has 0 bridgehead atoms. The molecule has 2 nitrogen and oxygen atoms in total. The minimum absolute atomic E-state index is 0.406. The first-order valence-electron chi connectivity index (χ1n) is 5.26. The Hall–Kier alpha value is -1.69. The van der Waals surface area contributed by atoms with Gasteiger partial charge in [-0.25, -0.2) is 0 Å². The van der Waals surface area contributed by atoms with Crippen molar-refractivity contribution in [3.05, 3.63) is 63.6 Å². The highest BCUT2D eigenvalue weighted by atomic mass is 35.5. The van der Waals surface area contributed by atoms with E-state index in [0.29, 0.717) is 28.0 Å². The van der Waals surface area contributed by atoms with Gasteiger partial charge in [-0.1, -0.05) is 35.3 Å². The molecule has 0 amide bonds. The van der Waals surface area contributed by atoms with Crippen LogP contribution in [0.1, 0.15) is 11.1 Å². The van der Waals surface area contributed by atoms with E-state index in [1.807, 2.05) is 18.2 Å². The van der Waals surface area contributed by atoms with Gasteiger partial charge in [0, 0.05) is 5.02 Å². The lowest BCUT2D eigenvalue weighted by molar-refractivity contribution is 0.306. The molecule has 0 saturated carbocycles. The summed E-state index contributed by atoms with van der Waals surface area (Å²) < 4.78 is 5.58. The van der Waals surface area contributed by atoms with Gasteiger partial charge in [-0.05, 0) is 35.9 Å². The van der Waals surface area contributed by atoms with Gasteiger partial charge in [0.2, 0.25) is 0 Å². The zero-order valence-electron chi connectivity index (χ0n) is 9.36. The lowest BCUT2D eigenvalue weighted by Crippen LogP contribution is -1.95. The summed E-state index contributed by atoms with van der Waals surface area (Å²) in [6.45, 7) is 0.406. The standard InChI is InChI=1S/C14H9Cl2NO/c15-12-4-1-10(2-5-12)9-18-14-6-3-11(8-17)7-13(14)16/h1-7H,9H2. The van der Waals surface area contributed by atoms with E-state index >= 15 is 0 Å². The predicted octanol–water partition coefficient (Wildman–Crippen LogP) is 4.44. The maximum atomic E-state index is 8.72. The van der Waals surface area contributed by atoms with Gasteiger partial charge in [-0.3, -0.25) is 0 Å². The Morgan fingerprint density at radius 1 is 1.06 bits per heavy atom. The van der Waals surface area contributed by atoms with Crippen LogP contribution in [-0.4, -0.2) is 0 Å². The van der Waals surface area contributed by atoms with Crippen molar-refractivity contribution in [1.29, 1.82) is 5.26 Å². The predicted molar refractivity (Wildman–Crippen MR) is 72.0 cm³/mol. The Morgan fingerprint density at radius 2 is 1.78 bits per heavy atom. The van der Waals surface area contributed by atoms with Gasteiger partial charge in [-0.2, -0.15) is 5.26 Å². The van der Waals surface area contributed by atoms with Gasteiger partial charge in [0.05, 0.1) is 16.7 Å². The minimum atomic E-state index is 0.406. The van der Waals surface area contributed by atoms with Crippen LogP contribution in [0.3, 0.4) is 0 Å². The van der Waals surface area contributed by atoms with Crippen LogP contribution < -0.4 is 4.74 Å². The highest BCUT2D eigenvalue weighted by Crippen LogP contribution is 2.26. The molecule has 18 heavy (non-hydrogen) atoms. The van der Waals surface area contributed by atoms with E-state index in [1.165, 1.54) is 0 Å². The number of rotatable bonds is 3. The Kier molecular flexibility index (Phi) is 4.09. The zero-order chi connectivity index (χ0) is 13.0. The van der Waals surface area contributed by atoms with Gasteiger partial charge < -0.3 is 4.74 Å². The highest BCUT2D eigenvalue weighted by molar-refractivity contribution is 6.32. The van der Waals surface area contributed by atoms with Gasteiger partial charge in [0.15, 0.2) is 0 Å². The van der Waals surface area contributed by atoms with E-state index in [1.54, 1.807) is 30.3 Å². The van der Waals surface area contributed by atoms with Crippen LogP contribution in [0.4, 0.5) is 0 Å². The molecule has 0 unspecified atom stereocenters. The Labute approximate surface area is 115 Å². The van der Waals surface area contributed by atoms with Crippen molar-refractivity contribution in [1.82, 2.24) is 0 Å². The highest BCUT2D eigenvalue weighted by Gasteiger charge is 2.03. The molecule has 2 rings (SSSR count). The van der Waals surface area contributed by atoms with Crippen molar-refractivity contribution >= 4 is 23.2 Å². The van der Waals surface area contributed by atoms with Crippen LogP contribution in [0.2, 0.25) is 10.0 Å². The number of hydrogen-bond donors (Lipinski definition) is 0. The van der Waals surface area contributed by atoms with Gasteiger partial charge in [0.25, 0.3) is 0 Å². The zero-order valence-corrected chi connectivity index (χ0v) is 10.9. The second kappa shape index (κ2) is 5.77. The molecule has 2 aromatic carbocycles. The van der Waals surface area contributed by atoms with Crippen molar-refractivity contribution in [3.63, 3.8) is 0 Å². The van der Waals surface area contributed by atoms with E-state index in [-0.39, 0.29) is 0 Å². The third-order valence-corrected chi connectivity index (χ3v) is 2.92. The summed E-state index contributed by atoms with van der Waals surface area (Å²) in [5, 5.41) is 9.85. The summed E-state index contributed by atoms with van der Waals surface area (Å²) in [5.41, 5.74) is 1.51. The topological polar surface area (TPSA) is 33.0 Å². The van der Waals surface area contributed by atoms with E-state index in [0.717, 1.165) is 5.56 Å². The summed E-state index contributed by atoms with van der Waals surface area (Å²) in [6.07, 6.45) is 0. The first-order valence-corrected chi connectivity index (χ1v) is 6.01. The second-order valence-corrected chi connectivity index (χ2v) is 4.52. The molecular formula is C14H9Cl2NO. The van der Waals surface area contributed by atoms with Crippen LogP contribution in [0, 0.1) is 11.3 Å². The third kappa shape index (κ3) is 3.16. The number of nitriles is 1. The van der Waals surface area contributed by atoms with Crippen LogP contribution in [-0.2, 0) is 6.61 Å². The Morgan fingerprint density at radius 3 is 2.39 bits per heavy atom. The fourth-order valence-electron chi connectivity index (χ4n) is 1.43. The maximum Gasteiger partial charge on any atom is 0.138 e. The molecule has 4 heteroatoms. The number of ether oxygens (including phenoxy) is 1. The van der Waals surface area contributed by atoms with Gasteiger partial charge in [-0.15, -0.1) is 0 Å². The van der Waals surface area contributed by atoms with Crippen molar-refractivity contribution in [2.45, 2.75) is 6.61 Å². The molecule has 0 radical (unpaired) electrons. The molecule has 0 aliphatic rings. The summed E-state index contributed by atoms with van der Waals surface area (Å²) in [7, 11) is 0. The van der Waals surface area contributed by atoms with Crippen LogP contribution in [0.15, 0.2) is 42.5 Å². The molecule has 0 saturated heterocycles. The smallest absolute Gasteiger partial charge is 0.138 e. The van der Waals surface area contributed by atoms with Crippen molar-refractivity contribution in [2.24, 2.45) is 0 Å². The molecule has 0 spiro atoms. The molecule has 2 aromatic rings. The monoisotopic (exact) mass is 277 g/mol. The van der Waals surface area contributed by atoms with Crippen molar-refractivity contribution in [3.8, 4) is 11.8 Å². The summed E-state index contributed by atoms with van der Waals surface area (Å²) in [5.74, 6) is 0.561. The SMILES string of the molecule is N#Cc1ccc(OCc2ccc(Cl)cc2)c(Cl)c1. The molecule has 90 valence electrons. The van der Waals surface area contributed by atoms with Crippen LogP contribution >= 0.6 is 23.2 Å². The molecule has 0 atom stereocenters. The lowest BCUT2D eigenvalue weighted by Gasteiger charge is -2.08. The van der Waals surface area contributed by atoms with E-state index in [4.69, 9.17) is 33.2 Å². The number of halogens is 2. The van der Waals surface area contributed by atoms with Crippen LogP contribution in [0.5, 0.6) is 5.75 Å². The van der Waals surface area contributed by atoms with Crippen molar-refractivity contribution in [2.75, 3.05) is 0 Å². The summed E-state index contributed by atoms with van der Waals surface area (Å²) >= 11 is 11.8. The Bertz CT molecular complexity index is 588. The molecule has 0 aliphatic heterocycles. The second-order valence-electron chi connectivity index (χ2n) is 3.67. The first-order chi connectivity index (χ1) is 8.69.